The van der Waals surface area contributed by atoms with Crippen LogP contribution >= 0.6 is 0 Å². The Morgan fingerprint density at radius 3 is 2.62 bits per heavy atom. The molecule has 0 bridgehead atoms. The standard InChI is InChI=1S/C17H21NO3/c1-13-5-2-3-6-14(13)7-8-15(19)18-12-17(9-4-10-17)11-16(20)21/h2-3,5-8H,4,9-12H2,1H3,(H,18,19)(H,20,21)/b8-7+. The van der Waals surface area contributed by atoms with Gasteiger partial charge in [-0.2, -0.15) is 0 Å². The van der Waals surface area contributed by atoms with Gasteiger partial charge in [-0.1, -0.05) is 30.7 Å². The summed E-state index contributed by atoms with van der Waals surface area (Å²) in [4.78, 5) is 22.7. The quantitative estimate of drug-likeness (QED) is 0.791. The first-order chi connectivity index (χ1) is 10.0. The van der Waals surface area contributed by atoms with Crippen molar-refractivity contribution < 1.29 is 14.7 Å². The number of hydrogen-bond donors (Lipinski definition) is 2. The second-order valence-corrected chi connectivity index (χ2v) is 5.83. The van der Waals surface area contributed by atoms with Crippen LogP contribution in [0.3, 0.4) is 0 Å². The number of carbonyl (C=O) groups is 2. The summed E-state index contributed by atoms with van der Waals surface area (Å²) < 4.78 is 0. The van der Waals surface area contributed by atoms with Gasteiger partial charge in [0.15, 0.2) is 0 Å². The minimum Gasteiger partial charge on any atom is -0.481 e. The summed E-state index contributed by atoms with van der Waals surface area (Å²) >= 11 is 0. The number of aliphatic carboxylic acids is 1. The molecule has 1 aromatic carbocycles. The normalized spacial score (nSPS) is 16.4. The Morgan fingerprint density at radius 1 is 1.33 bits per heavy atom. The molecule has 0 aromatic heterocycles. The van der Waals surface area contributed by atoms with E-state index in [1.54, 1.807) is 6.08 Å². The maximum Gasteiger partial charge on any atom is 0.303 e. The summed E-state index contributed by atoms with van der Waals surface area (Å²) in [5.74, 6) is -0.964. The Labute approximate surface area is 124 Å². The molecule has 0 atom stereocenters. The third-order valence-corrected chi connectivity index (χ3v) is 4.18. The molecule has 0 radical (unpaired) electrons. The van der Waals surface area contributed by atoms with Crippen molar-refractivity contribution in [3.8, 4) is 0 Å². The molecule has 1 aliphatic carbocycles. The number of amides is 1. The van der Waals surface area contributed by atoms with Crippen LogP contribution in [-0.2, 0) is 9.59 Å². The second-order valence-electron chi connectivity index (χ2n) is 5.83. The van der Waals surface area contributed by atoms with Crippen molar-refractivity contribution in [1.29, 1.82) is 0 Å². The number of benzene rings is 1. The first kappa shape index (κ1) is 15.3. The van der Waals surface area contributed by atoms with Gasteiger partial charge in [0.25, 0.3) is 0 Å². The Kier molecular flexibility index (Phi) is 4.78. The van der Waals surface area contributed by atoms with Crippen LogP contribution in [0.1, 0.15) is 36.8 Å². The smallest absolute Gasteiger partial charge is 0.303 e. The molecular formula is C17H21NO3. The number of rotatable bonds is 6. The van der Waals surface area contributed by atoms with Gasteiger partial charge in [-0.05, 0) is 42.4 Å². The van der Waals surface area contributed by atoms with E-state index in [0.717, 1.165) is 30.4 Å². The summed E-state index contributed by atoms with van der Waals surface area (Å²) in [6.07, 6.45) is 6.23. The monoisotopic (exact) mass is 287 g/mol. The largest absolute Gasteiger partial charge is 0.481 e. The average Bonchev–Trinajstić information content (AvgIpc) is 2.40. The minimum atomic E-state index is -0.792. The van der Waals surface area contributed by atoms with E-state index in [0.29, 0.717) is 6.54 Å². The van der Waals surface area contributed by atoms with Gasteiger partial charge in [0, 0.05) is 12.6 Å². The summed E-state index contributed by atoms with van der Waals surface area (Å²) in [5, 5.41) is 11.8. The number of hydrogen-bond acceptors (Lipinski definition) is 2. The van der Waals surface area contributed by atoms with Crippen LogP contribution in [0.4, 0.5) is 0 Å². The topological polar surface area (TPSA) is 66.4 Å². The van der Waals surface area contributed by atoms with E-state index in [9.17, 15) is 9.59 Å². The van der Waals surface area contributed by atoms with Crippen LogP contribution in [0, 0.1) is 12.3 Å². The van der Waals surface area contributed by atoms with Crippen LogP contribution in [0.5, 0.6) is 0 Å². The van der Waals surface area contributed by atoms with Gasteiger partial charge in [0.05, 0.1) is 6.42 Å². The van der Waals surface area contributed by atoms with Crippen molar-refractivity contribution in [3.63, 3.8) is 0 Å². The Balaban J connectivity index is 1.87. The maximum atomic E-state index is 11.9. The van der Waals surface area contributed by atoms with Gasteiger partial charge < -0.3 is 10.4 Å². The third kappa shape index (κ3) is 4.18. The van der Waals surface area contributed by atoms with Gasteiger partial charge in [0.2, 0.25) is 5.91 Å². The first-order valence-corrected chi connectivity index (χ1v) is 7.24. The van der Waals surface area contributed by atoms with Crippen molar-refractivity contribution in [1.82, 2.24) is 5.32 Å². The van der Waals surface area contributed by atoms with Gasteiger partial charge in [-0.3, -0.25) is 9.59 Å². The zero-order chi connectivity index (χ0) is 15.3. The summed E-state index contributed by atoms with van der Waals surface area (Å²) in [6.45, 7) is 2.43. The van der Waals surface area contributed by atoms with Crippen molar-refractivity contribution in [2.24, 2.45) is 5.41 Å². The highest BCUT2D eigenvalue weighted by Gasteiger charge is 2.38. The zero-order valence-electron chi connectivity index (χ0n) is 12.3. The highest BCUT2D eigenvalue weighted by molar-refractivity contribution is 5.91. The summed E-state index contributed by atoms with van der Waals surface area (Å²) in [5.41, 5.74) is 1.89. The summed E-state index contributed by atoms with van der Waals surface area (Å²) in [7, 11) is 0. The third-order valence-electron chi connectivity index (χ3n) is 4.18. The van der Waals surface area contributed by atoms with Crippen molar-refractivity contribution in [2.75, 3.05) is 6.54 Å². The molecule has 1 aromatic rings. The number of carbonyl (C=O) groups excluding carboxylic acids is 1. The van der Waals surface area contributed by atoms with E-state index in [4.69, 9.17) is 5.11 Å². The molecule has 112 valence electrons. The highest BCUT2D eigenvalue weighted by atomic mass is 16.4. The zero-order valence-corrected chi connectivity index (χ0v) is 12.3. The molecule has 0 heterocycles. The molecule has 0 saturated heterocycles. The van der Waals surface area contributed by atoms with E-state index >= 15 is 0 Å². The molecule has 0 spiro atoms. The van der Waals surface area contributed by atoms with Crippen LogP contribution < -0.4 is 5.32 Å². The van der Waals surface area contributed by atoms with Gasteiger partial charge >= 0.3 is 5.97 Å². The minimum absolute atomic E-state index is 0.134. The number of nitrogens with one attached hydrogen (secondary N) is 1. The lowest BCUT2D eigenvalue weighted by atomic mass is 9.66. The molecule has 1 amide bonds. The lowest BCUT2D eigenvalue weighted by Crippen LogP contribution is -2.43. The Bertz CT molecular complexity index is 559. The molecule has 21 heavy (non-hydrogen) atoms. The molecule has 0 unspecified atom stereocenters. The molecule has 2 N–H and O–H groups in total. The van der Waals surface area contributed by atoms with Crippen molar-refractivity contribution in [2.45, 2.75) is 32.6 Å². The maximum absolute atomic E-state index is 11.9. The second kappa shape index (κ2) is 6.57. The molecular weight excluding hydrogens is 266 g/mol. The van der Waals surface area contributed by atoms with E-state index in [1.807, 2.05) is 31.2 Å². The Hall–Kier alpha value is -2.10. The van der Waals surface area contributed by atoms with Gasteiger partial charge in [0.1, 0.15) is 0 Å². The molecule has 1 fully saturated rings. The molecule has 4 nitrogen and oxygen atoms in total. The Morgan fingerprint density at radius 2 is 2.05 bits per heavy atom. The van der Waals surface area contributed by atoms with Crippen LogP contribution in [0.15, 0.2) is 30.3 Å². The molecule has 0 aliphatic heterocycles. The van der Waals surface area contributed by atoms with E-state index < -0.39 is 5.97 Å². The van der Waals surface area contributed by atoms with Crippen LogP contribution in [0.25, 0.3) is 6.08 Å². The van der Waals surface area contributed by atoms with E-state index in [2.05, 4.69) is 5.32 Å². The van der Waals surface area contributed by atoms with E-state index in [1.165, 1.54) is 6.08 Å². The predicted molar refractivity (Wildman–Crippen MR) is 81.8 cm³/mol. The average molecular weight is 287 g/mol. The van der Waals surface area contributed by atoms with Crippen molar-refractivity contribution >= 4 is 18.0 Å². The number of carboxylic acids is 1. The lowest BCUT2D eigenvalue weighted by Gasteiger charge is -2.40. The highest BCUT2D eigenvalue weighted by Crippen LogP contribution is 2.43. The van der Waals surface area contributed by atoms with Crippen LogP contribution in [0.2, 0.25) is 0 Å². The fourth-order valence-electron chi connectivity index (χ4n) is 2.69. The molecule has 4 heteroatoms. The van der Waals surface area contributed by atoms with E-state index in [-0.39, 0.29) is 17.7 Å². The number of aryl methyl sites for hydroxylation is 1. The van der Waals surface area contributed by atoms with Crippen LogP contribution in [-0.4, -0.2) is 23.5 Å². The van der Waals surface area contributed by atoms with Gasteiger partial charge in [-0.15, -0.1) is 0 Å². The lowest BCUT2D eigenvalue weighted by molar-refractivity contribution is -0.141. The fourth-order valence-corrected chi connectivity index (χ4v) is 2.69. The SMILES string of the molecule is Cc1ccccc1/C=C/C(=O)NCC1(CC(=O)O)CCC1. The van der Waals surface area contributed by atoms with Gasteiger partial charge in [-0.25, -0.2) is 0 Å². The molecule has 1 aliphatic rings. The first-order valence-electron chi connectivity index (χ1n) is 7.24. The molecule has 1 saturated carbocycles. The molecule has 2 rings (SSSR count). The summed E-state index contributed by atoms with van der Waals surface area (Å²) in [6, 6.07) is 7.84. The fraction of sp³-hybridized carbons (Fsp3) is 0.412. The predicted octanol–water partition coefficient (Wildman–Crippen LogP) is 2.77. The van der Waals surface area contributed by atoms with Crippen molar-refractivity contribution in [3.05, 3.63) is 41.5 Å². The number of carboxylic acid groups (broad SMARTS) is 1.